The van der Waals surface area contributed by atoms with Crippen LogP contribution in [0, 0.1) is 12.8 Å². The predicted octanol–water partition coefficient (Wildman–Crippen LogP) is 11.2. The maximum atomic E-state index is 14.1. The molecule has 3 amide bonds. The van der Waals surface area contributed by atoms with Crippen molar-refractivity contribution in [1.82, 2.24) is 30.0 Å². The second kappa shape index (κ2) is 22.3. The van der Waals surface area contributed by atoms with Gasteiger partial charge in [0.1, 0.15) is 17.2 Å². The Bertz CT molecular complexity index is 3380. The first kappa shape index (κ1) is 52.9. The number of carbonyl (C=O) groups is 4. The number of fused-ring (bicyclic) bond motifs is 3. The number of pyridine rings is 1. The number of para-hydroxylation sites is 2. The zero-order chi connectivity index (χ0) is 54.2. The number of thiazole rings is 1. The summed E-state index contributed by atoms with van der Waals surface area (Å²) in [6, 6.07) is 30.4. The molecule has 78 heavy (non-hydrogen) atoms. The summed E-state index contributed by atoms with van der Waals surface area (Å²) in [6.45, 7) is 15.1. The molecule has 3 aromatic heterocycles. The molecule has 1 saturated carbocycles. The number of aryl methyl sites for hydroxylation is 1. The number of hydrogen-bond donors (Lipinski definition) is 2. The first-order chi connectivity index (χ1) is 37.6. The van der Waals surface area contributed by atoms with Gasteiger partial charge in [0.15, 0.2) is 10.8 Å². The molecule has 406 valence electrons. The van der Waals surface area contributed by atoms with Gasteiger partial charge in [0.2, 0.25) is 11.8 Å². The van der Waals surface area contributed by atoms with Crippen LogP contribution in [-0.4, -0.2) is 98.8 Å². The monoisotopic (exact) mass is 1070 g/mol. The van der Waals surface area contributed by atoms with Crippen molar-refractivity contribution < 1.29 is 28.7 Å². The van der Waals surface area contributed by atoms with E-state index in [0.29, 0.717) is 66.4 Å². The molecule has 2 saturated heterocycles. The fourth-order valence-electron chi connectivity index (χ4n) is 12.3. The van der Waals surface area contributed by atoms with Crippen molar-refractivity contribution in [1.29, 1.82) is 0 Å². The summed E-state index contributed by atoms with van der Waals surface area (Å²) in [7, 11) is 1.95. The van der Waals surface area contributed by atoms with Crippen LogP contribution in [-0.2, 0) is 34.3 Å². The van der Waals surface area contributed by atoms with Crippen LogP contribution < -0.4 is 25.2 Å². The number of unbranched alkanes of at least 4 members (excludes halogenated alkanes) is 1. The number of carbonyl (C=O) groups excluding carboxylic acids is 4. The molecule has 11 rings (SSSR count). The van der Waals surface area contributed by atoms with Crippen LogP contribution in [0.4, 0.5) is 16.6 Å². The summed E-state index contributed by atoms with van der Waals surface area (Å²) in [4.78, 5) is 69.6. The topological polar surface area (TPSA) is 164 Å². The van der Waals surface area contributed by atoms with E-state index in [-0.39, 0.29) is 29.5 Å². The lowest BCUT2D eigenvalue weighted by Crippen LogP contribution is -2.52. The van der Waals surface area contributed by atoms with Gasteiger partial charge in [-0.3, -0.25) is 34.6 Å². The van der Waals surface area contributed by atoms with Crippen LogP contribution in [0.3, 0.4) is 0 Å². The maximum absolute atomic E-state index is 14.1. The SMILES string of the molecule is Cc1c(OC2CCC(CCCCN3CCN(c4cccc5c(C6CCC(=O)NC6=O)nn(C)c45)C[C@H]3C)CC2)cccc1-c1ccc(N2CCc3cccc(C(=O)Nc4nc5ccccc5s4)c3C2)nc1C(=O)OC(C)(C)C. The average molecular weight is 1070 g/mol. The summed E-state index contributed by atoms with van der Waals surface area (Å²) < 4.78 is 15.7. The molecule has 4 aromatic carbocycles. The van der Waals surface area contributed by atoms with Crippen LogP contribution in [0.1, 0.15) is 135 Å². The molecule has 3 aliphatic heterocycles. The summed E-state index contributed by atoms with van der Waals surface area (Å²) in [6.07, 6.45) is 9.59. The molecule has 7 aromatic rings. The standard InChI is InChI=1S/C62H71N9O6S/c1-38-36-70(50-20-12-18-46-55(67-68(6)57(46)50)47-28-30-54(72)65-59(47)74)35-34-69(38)32-10-9-14-40-23-25-42(26-24-40)76-51-21-13-16-43(39(51)2)44-27-29-53(64-56(44)60(75)77-62(3,4)5)71-33-31-41-15-11-17-45(48(41)37-71)58(73)66-61-63-49-19-7-8-22-52(49)78-61/h7-8,11-13,15-22,27,29,38,40,42,47H,9-10,14,23-26,28,30-37H2,1-6H3,(H,63,66,73)(H,65,72,74)/t38-,40?,42?,47?/m1/s1. The summed E-state index contributed by atoms with van der Waals surface area (Å²) in [5.41, 5.74) is 8.47. The molecule has 6 heterocycles. The Balaban J connectivity index is 0.690. The molecule has 2 N–H and O–H groups in total. The van der Waals surface area contributed by atoms with E-state index >= 15 is 0 Å². The number of anilines is 3. The number of benzene rings is 4. The summed E-state index contributed by atoms with van der Waals surface area (Å²) >= 11 is 1.45. The first-order valence-electron chi connectivity index (χ1n) is 28.0. The van der Waals surface area contributed by atoms with Crippen LogP contribution in [0.15, 0.2) is 91.0 Å². The van der Waals surface area contributed by atoms with Crippen molar-refractivity contribution in [2.75, 3.05) is 47.8 Å². The number of ether oxygens (including phenoxy) is 2. The lowest BCUT2D eigenvalue weighted by atomic mass is 9.84. The molecule has 4 aliphatic rings. The van der Waals surface area contributed by atoms with Gasteiger partial charge in [0.05, 0.1) is 39.1 Å². The van der Waals surface area contributed by atoms with Crippen molar-refractivity contribution in [2.45, 2.75) is 129 Å². The number of hydrogen-bond acceptors (Lipinski definition) is 13. The van der Waals surface area contributed by atoms with Gasteiger partial charge in [-0.15, -0.1) is 0 Å². The zero-order valence-electron chi connectivity index (χ0n) is 45.8. The predicted molar refractivity (Wildman–Crippen MR) is 308 cm³/mol. The lowest BCUT2D eigenvalue weighted by Gasteiger charge is -2.41. The largest absolute Gasteiger partial charge is 0.490 e. The molecule has 15 nitrogen and oxygen atoms in total. The van der Waals surface area contributed by atoms with Gasteiger partial charge in [0, 0.05) is 68.7 Å². The minimum Gasteiger partial charge on any atom is -0.490 e. The minimum absolute atomic E-state index is 0.120. The second-order valence-electron chi connectivity index (χ2n) is 22.8. The fraction of sp³-hybridized carbons (Fsp3) is 0.435. The fourth-order valence-corrected chi connectivity index (χ4v) is 13.1. The molecule has 1 unspecified atom stereocenters. The Hall–Kier alpha value is -7.17. The number of amides is 3. The summed E-state index contributed by atoms with van der Waals surface area (Å²) in [5, 5.41) is 11.9. The van der Waals surface area contributed by atoms with Crippen LogP contribution in [0.2, 0.25) is 0 Å². The first-order valence-corrected chi connectivity index (χ1v) is 28.8. The van der Waals surface area contributed by atoms with Crippen LogP contribution in [0.25, 0.3) is 32.2 Å². The van der Waals surface area contributed by atoms with Gasteiger partial charge in [-0.1, -0.05) is 72.7 Å². The Morgan fingerprint density at radius 3 is 2.44 bits per heavy atom. The molecular weight excluding hydrogens is 999 g/mol. The summed E-state index contributed by atoms with van der Waals surface area (Å²) in [5.74, 6) is 0.570. The Kier molecular flexibility index (Phi) is 15.1. The highest BCUT2D eigenvalue weighted by atomic mass is 32.1. The van der Waals surface area contributed by atoms with Gasteiger partial charge in [-0.05, 0) is 157 Å². The Morgan fingerprint density at radius 1 is 0.833 bits per heavy atom. The number of imide groups is 1. The quantitative estimate of drug-likeness (QED) is 0.0603. The Morgan fingerprint density at radius 2 is 1.64 bits per heavy atom. The Labute approximate surface area is 460 Å². The highest BCUT2D eigenvalue weighted by Crippen LogP contribution is 2.39. The van der Waals surface area contributed by atoms with Crippen LogP contribution >= 0.6 is 11.3 Å². The average Bonchev–Trinajstić information content (AvgIpc) is 4.06. The molecule has 0 radical (unpaired) electrons. The van der Waals surface area contributed by atoms with Gasteiger partial charge >= 0.3 is 5.97 Å². The number of aromatic nitrogens is 4. The maximum Gasteiger partial charge on any atom is 0.358 e. The molecule has 3 fully saturated rings. The van der Waals surface area contributed by atoms with E-state index in [4.69, 9.17) is 19.6 Å². The highest BCUT2D eigenvalue weighted by Gasteiger charge is 2.34. The van der Waals surface area contributed by atoms with Gasteiger partial charge in [-0.2, -0.15) is 5.10 Å². The molecule has 2 atom stereocenters. The normalized spacial score (nSPS) is 20.2. The third kappa shape index (κ3) is 11.2. The van der Waals surface area contributed by atoms with Gasteiger partial charge in [-0.25, -0.2) is 14.8 Å². The van der Waals surface area contributed by atoms with E-state index < -0.39 is 17.5 Å². The van der Waals surface area contributed by atoms with Crippen molar-refractivity contribution in [3.05, 3.63) is 125 Å². The number of nitrogens with zero attached hydrogens (tertiary/aromatic N) is 7. The van der Waals surface area contributed by atoms with E-state index in [9.17, 15) is 19.2 Å². The third-order valence-electron chi connectivity index (χ3n) is 16.3. The molecule has 0 bridgehead atoms. The van der Waals surface area contributed by atoms with Gasteiger partial charge < -0.3 is 19.3 Å². The molecule has 1 aliphatic carbocycles. The number of nitrogens with one attached hydrogen (secondary N) is 2. The van der Waals surface area contributed by atoms with Crippen molar-refractivity contribution in [3.63, 3.8) is 0 Å². The lowest BCUT2D eigenvalue weighted by molar-refractivity contribution is -0.134. The molecule has 0 spiro atoms. The second-order valence-corrected chi connectivity index (χ2v) is 23.9. The van der Waals surface area contributed by atoms with E-state index in [2.05, 4.69) is 68.4 Å². The van der Waals surface area contributed by atoms with E-state index in [1.54, 1.807) is 0 Å². The van der Waals surface area contributed by atoms with Crippen molar-refractivity contribution in [2.24, 2.45) is 13.0 Å². The minimum atomic E-state index is -0.733. The van der Waals surface area contributed by atoms with Crippen molar-refractivity contribution >= 4 is 72.8 Å². The van der Waals surface area contributed by atoms with E-state index in [1.807, 2.05) is 99.2 Å². The molecular formula is C62H71N9O6S. The van der Waals surface area contributed by atoms with E-state index in [1.165, 1.54) is 30.6 Å². The van der Waals surface area contributed by atoms with Gasteiger partial charge in [0.25, 0.3) is 5.91 Å². The van der Waals surface area contributed by atoms with E-state index in [0.717, 1.165) is 112 Å². The zero-order valence-corrected chi connectivity index (χ0v) is 46.6. The number of rotatable bonds is 14. The number of piperidine rings is 1. The third-order valence-corrected chi connectivity index (χ3v) is 17.3. The number of esters is 1. The van der Waals surface area contributed by atoms with Crippen LogP contribution in [0.5, 0.6) is 5.75 Å². The highest BCUT2D eigenvalue weighted by molar-refractivity contribution is 7.22. The smallest absolute Gasteiger partial charge is 0.358 e. The van der Waals surface area contributed by atoms with Crippen molar-refractivity contribution in [3.8, 4) is 16.9 Å². The number of piperazine rings is 1. The molecule has 16 heteroatoms.